The zero-order chi connectivity index (χ0) is 12.1. The number of likely N-dealkylation sites (tertiary alicyclic amines) is 1. The lowest BCUT2D eigenvalue weighted by atomic mass is 9.96. The zero-order valence-corrected chi connectivity index (χ0v) is 10.7. The highest BCUT2D eigenvalue weighted by Gasteiger charge is 2.22. The molecule has 1 heterocycles. The highest BCUT2D eigenvalue weighted by atomic mass is 16.3. The molecule has 0 saturated carbocycles. The first-order valence-corrected chi connectivity index (χ1v) is 6.68. The predicted molar refractivity (Wildman–Crippen MR) is 71.0 cm³/mol. The number of nitrogens with zero attached hydrogens (tertiary/aromatic N) is 1. The predicted octanol–water partition coefficient (Wildman–Crippen LogP) is 2.32. The Morgan fingerprint density at radius 3 is 2.82 bits per heavy atom. The van der Waals surface area contributed by atoms with Crippen molar-refractivity contribution in [3.63, 3.8) is 0 Å². The maximum atomic E-state index is 9.25. The quantitative estimate of drug-likeness (QED) is 0.862. The van der Waals surface area contributed by atoms with Crippen molar-refractivity contribution >= 4 is 0 Å². The molecule has 0 bridgehead atoms. The van der Waals surface area contributed by atoms with Crippen molar-refractivity contribution in [2.24, 2.45) is 5.92 Å². The van der Waals surface area contributed by atoms with Gasteiger partial charge in [-0.05, 0) is 44.2 Å². The zero-order valence-electron chi connectivity index (χ0n) is 10.7. The summed E-state index contributed by atoms with van der Waals surface area (Å²) in [6.45, 7) is 4.89. The third-order valence-electron chi connectivity index (χ3n) is 3.81. The first-order chi connectivity index (χ1) is 8.29. The summed E-state index contributed by atoms with van der Waals surface area (Å²) < 4.78 is 0. The third-order valence-corrected chi connectivity index (χ3v) is 3.81. The monoisotopic (exact) mass is 233 g/mol. The fourth-order valence-electron chi connectivity index (χ4n) is 2.73. The van der Waals surface area contributed by atoms with E-state index >= 15 is 0 Å². The van der Waals surface area contributed by atoms with E-state index in [1.807, 2.05) is 0 Å². The minimum absolute atomic E-state index is 0.342. The van der Waals surface area contributed by atoms with Crippen molar-refractivity contribution in [2.75, 3.05) is 19.7 Å². The molecular formula is C15H23NO. The van der Waals surface area contributed by atoms with E-state index in [4.69, 9.17) is 0 Å². The summed E-state index contributed by atoms with van der Waals surface area (Å²) in [5, 5.41) is 9.25. The largest absolute Gasteiger partial charge is 0.396 e. The summed E-state index contributed by atoms with van der Waals surface area (Å²) >= 11 is 0. The summed E-state index contributed by atoms with van der Waals surface area (Å²) in [4.78, 5) is 2.53. The summed E-state index contributed by atoms with van der Waals surface area (Å²) in [6, 6.07) is 11.3. The Kier molecular flexibility index (Phi) is 4.57. The first kappa shape index (κ1) is 12.6. The fourth-order valence-corrected chi connectivity index (χ4v) is 2.73. The van der Waals surface area contributed by atoms with Crippen LogP contribution in [-0.4, -0.2) is 35.7 Å². The Bertz CT molecular complexity index is 325. The summed E-state index contributed by atoms with van der Waals surface area (Å²) in [6.07, 6.45) is 3.52. The smallest absolute Gasteiger partial charge is 0.0471 e. The van der Waals surface area contributed by atoms with Crippen molar-refractivity contribution < 1.29 is 5.11 Å². The van der Waals surface area contributed by atoms with Crippen molar-refractivity contribution in [3.8, 4) is 0 Å². The van der Waals surface area contributed by atoms with Crippen LogP contribution in [0, 0.1) is 5.92 Å². The van der Waals surface area contributed by atoms with Gasteiger partial charge in [0.05, 0.1) is 0 Å². The Hall–Kier alpha value is -0.860. The number of hydrogen-bond donors (Lipinski definition) is 1. The third kappa shape index (κ3) is 3.55. The van der Waals surface area contributed by atoms with Crippen LogP contribution in [0.1, 0.15) is 25.3 Å². The van der Waals surface area contributed by atoms with Gasteiger partial charge in [-0.15, -0.1) is 0 Å². The molecule has 2 atom stereocenters. The Labute approximate surface area is 104 Å². The molecule has 0 amide bonds. The van der Waals surface area contributed by atoms with Crippen LogP contribution >= 0.6 is 0 Å². The number of benzene rings is 1. The molecule has 17 heavy (non-hydrogen) atoms. The van der Waals surface area contributed by atoms with Crippen LogP contribution in [0.2, 0.25) is 0 Å². The van der Waals surface area contributed by atoms with Gasteiger partial charge in [-0.1, -0.05) is 30.3 Å². The molecule has 1 aliphatic heterocycles. The summed E-state index contributed by atoms with van der Waals surface area (Å²) in [5.74, 6) is 0.488. The van der Waals surface area contributed by atoms with Gasteiger partial charge in [0.2, 0.25) is 0 Å². The van der Waals surface area contributed by atoms with Crippen LogP contribution in [0.4, 0.5) is 0 Å². The van der Waals surface area contributed by atoms with Gasteiger partial charge < -0.3 is 5.11 Å². The topological polar surface area (TPSA) is 23.5 Å². The molecule has 0 aliphatic carbocycles. The SMILES string of the molecule is CC(Cc1ccccc1)N1CCCC(CO)C1. The molecule has 94 valence electrons. The molecule has 2 rings (SSSR count). The lowest BCUT2D eigenvalue weighted by Gasteiger charge is -2.36. The second-order valence-electron chi connectivity index (χ2n) is 5.22. The summed E-state index contributed by atoms with van der Waals surface area (Å²) in [5.41, 5.74) is 1.41. The lowest BCUT2D eigenvalue weighted by Crippen LogP contribution is -2.43. The van der Waals surface area contributed by atoms with E-state index in [1.165, 1.54) is 24.9 Å². The normalized spacial score (nSPS) is 23.5. The van der Waals surface area contributed by atoms with E-state index in [9.17, 15) is 5.11 Å². The number of aliphatic hydroxyl groups excluding tert-OH is 1. The molecule has 1 saturated heterocycles. The van der Waals surface area contributed by atoms with Gasteiger partial charge in [0, 0.05) is 19.2 Å². The van der Waals surface area contributed by atoms with Crippen LogP contribution in [-0.2, 0) is 6.42 Å². The molecule has 1 fully saturated rings. The molecule has 2 unspecified atom stereocenters. The van der Waals surface area contributed by atoms with E-state index in [0.717, 1.165) is 13.0 Å². The minimum Gasteiger partial charge on any atom is -0.396 e. The average molecular weight is 233 g/mol. The van der Waals surface area contributed by atoms with Gasteiger partial charge >= 0.3 is 0 Å². The van der Waals surface area contributed by atoms with Crippen LogP contribution in [0.25, 0.3) is 0 Å². The summed E-state index contributed by atoms with van der Waals surface area (Å²) in [7, 11) is 0. The standard InChI is InChI=1S/C15H23NO/c1-13(10-14-6-3-2-4-7-14)16-9-5-8-15(11-16)12-17/h2-4,6-7,13,15,17H,5,8-12H2,1H3. The second kappa shape index (κ2) is 6.18. The van der Waals surface area contributed by atoms with Crippen molar-refractivity contribution in [2.45, 2.75) is 32.2 Å². The van der Waals surface area contributed by atoms with Crippen LogP contribution in [0.15, 0.2) is 30.3 Å². The molecule has 1 aromatic rings. The molecule has 0 aromatic heterocycles. The number of aliphatic hydroxyl groups is 1. The van der Waals surface area contributed by atoms with Crippen LogP contribution in [0.5, 0.6) is 0 Å². The lowest BCUT2D eigenvalue weighted by molar-refractivity contribution is 0.0936. The molecule has 1 N–H and O–H groups in total. The molecule has 1 aromatic carbocycles. The first-order valence-electron chi connectivity index (χ1n) is 6.68. The molecular weight excluding hydrogens is 210 g/mol. The van der Waals surface area contributed by atoms with E-state index < -0.39 is 0 Å². The molecule has 1 aliphatic rings. The van der Waals surface area contributed by atoms with Gasteiger partial charge in [-0.2, -0.15) is 0 Å². The van der Waals surface area contributed by atoms with Crippen molar-refractivity contribution in [3.05, 3.63) is 35.9 Å². The highest BCUT2D eigenvalue weighted by molar-refractivity contribution is 5.15. The van der Waals surface area contributed by atoms with E-state index in [-0.39, 0.29) is 0 Å². The Morgan fingerprint density at radius 1 is 1.35 bits per heavy atom. The van der Waals surface area contributed by atoms with Crippen molar-refractivity contribution in [1.82, 2.24) is 4.90 Å². The number of piperidine rings is 1. The van der Waals surface area contributed by atoms with Gasteiger partial charge in [0.15, 0.2) is 0 Å². The van der Waals surface area contributed by atoms with Gasteiger partial charge in [0.1, 0.15) is 0 Å². The van der Waals surface area contributed by atoms with E-state index in [2.05, 4.69) is 42.2 Å². The molecule has 2 heteroatoms. The van der Waals surface area contributed by atoms with E-state index in [0.29, 0.717) is 18.6 Å². The average Bonchev–Trinajstić information content (AvgIpc) is 2.40. The molecule has 0 spiro atoms. The number of hydrogen-bond acceptors (Lipinski definition) is 2. The minimum atomic E-state index is 0.342. The second-order valence-corrected chi connectivity index (χ2v) is 5.22. The Morgan fingerprint density at radius 2 is 2.12 bits per heavy atom. The van der Waals surface area contributed by atoms with Crippen molar-refractivity contribution in [1.29, 1.82) is 0 Å². The maximum Gasteiger partial charge on any atom is 0.0471 e. The highest BCUT2D eigenvalue weighted by Crippen LogP contribution is 2.19. The van der Waals surface area contributed by atoms with E-state index in [1.54, 1.807) is 0 Å². The van der Waals surface area contributed by atoms with Gasteiger partial charge in [0.25, 0.3) is 0 Å². The maximum absolute atomic E-state index is 9.25. The van der Waals surface area contributed by atoms with Crippen LogP contribution < -0.4 is 0 Å². The van der Waals surface area contributed by atoms with Gasteiger partial charge in [-0.3, -0.25) is 4.90 Å². The number of rotatable bonds is 4. The van der Waals surface area contributed by atoms with Crippen LogP contribution in [0.3, 0.4) is 0 Å². The fraction of sp³-hybridized carbons (Fsp3) is 0.600. The molecule has 2 nitrogen and oxygen atoms in total. The van der Waals surface area contributed by atoms with Gasteiger partial charge in [-0.25, -0.2) is 0 Å². The molecule has 0 radical (unpaired) electrons. The Balaban J connectivity index is 1.89.